The highest BCUT2D eigenvalue weighted by molar-refractivity contribution is 6.42. The molecule has 1 saturated carbocycles. The summed E-state index contributed by atoms with van der Waals surface area (Å²) in [4.78, 5) is 20.3. The van der Waals surface area contributed by atoms with Crippen LogP contribution in [0, 0.1) is 5.92 Å². The zero-order chi connectivity index (χ0) is 22.8. The molecule has 0 N–H and O–H groups in total. The van der Waals surface area contributed by atoms with E-state index in [0.29, 0.717) is 45.7 Å². The summed E-state index contributed by atoms with van der Waals surface area (Å²) in [5, 5.41) is 1.53. The van der Waals surface area contributed by atoms with Gasteiger partial charge in [0.05, 0.1) is 27.6 Å². The highest BCUT2D eigenvalue weighted by Crippen LogP contribution is 2.35. The predicted octanol–water partition coefficient (Wildman–Crippen LogP) is 7.80. The zero-order valence-electron chi connectivity index (χ0n) is 18.5. The highest BCUT2D eigenvalue weighted by Gasteiger charge is 2.26. The van der Waals surface area contributed by atoms with E-state index in [1.165, 1.54) is 12.8 Å². The lowest BCUT2D eigenvalue weighted by Crippen LogP contribution is -2.33. The molecule has 0 unspecified atom stereocenters. The fourth-order valence-corrected chi connectivity index (χ4v) is 4.91. The summed E-state index contributed by atoms with van der Waals surface area (Å²) in [5.74, 6) is 1.32. The van der Waals surface area contributed by atoms with Crippen LogP contribution in [0.2, 0.25) is 15.1 Å². The fraction of sp³-hybridized carbons (Fsp3) is 0.440. The van der Waals surface area contributed by atoms with E-state index < -0.39 is 0 Å². The van der Waals surface area contributed by atoms with Crippen LogP contribution in [0.3, 0.4) is 0 Å². The van der Waals surface area contributed by atoms with Gasteiger partial charge in [-0.1, -0.05) is 61.5 Å². The second-order valence-corrected chi connectivity index (χ2v) is 10.3. The molecule has 0 radical (unpaired) electrons. The first-order valence-electron chi connectivity index (χ1n) is 11.2. The number of aromatic nitrogens is 2. The first kappa shape index (κ1) is 23.4. The maximum Gasteiger partial charge on any atom is 0.254 e. The lowest BCUT2D eigenvalue weighted by atomic mass is 10.1. The number of carbonyl (C=O) groups is 1. The number of amides is 1. The van der Waals surface area contributed by atoms with Crippen LogP contribution in [0.4, 0.5) is 0 Å². The van der Waals surface area contributed by atoms with E-state index >= 15 is 0 Å². The topological polar surface area (TPSA) is 38.1 Å². The van der Waals surface area contributed by atoms with E-state index in [2.05, 4.69) is 18.4 Å². The summed E-state index contributed by atoms with van der Waals surface area (Å²) >= 11 is 18.6. The molecule has 0 atom stereocenters. The molecule has 0 bridgehead atoms. The molecule has 1 heterocycles. The van der Waals surface area contributed by atoms with E-state index in [1.807, 2.05) is 23.1 Å². The van der Waals surface area contributed by atoms with E-state index in [0.717, 1.165) is 36.1 Å². The van der Waals surface area contributed by atoms with Crippen molar-refractivity contribution < 1.29 is 4.79 Å². The van der Waals surface area contributed by atoms with Crippen molar-refractivity contribution in [3.63, 3.8) is 0 Å². The fourth-order valence-electron chi connectivity index (χ4n) is 4.45. The molecular weight excluding hydrogens is 465 g/mol. The average molecular weight is 493 g/mol. The molecule has 0 saturated heterocycles. The molecule has 3 aromatic rings. The number of carbonyl (C=O) groups excluding carboxylic acids is 1. The Morgan fingerprint density at radius 1 is 1.09 bits per heavy atom. The third kappa shape index (κ3) is 5.08. The number of halogens is 3. The van der Waals surface area contributed by atoms with Gasteiger partial charge in [0.15, 0.2) is 0 Å². The molecule has 1 fully saturated rings. The van der Waals surface area contributed by atoms with Gasteiger partial charge >= 0.3 is 0 Å². The molecule has 1 aliphatic rings. The van der Waals surface area contributed by atoms with Crippen molar-refractivity contribution in [1.29, 1.82) is 0 Å². The molecule has 0 spiro atoms. The third-order valence-electron chi connectivity index (χ3n) is 6.18. The Labute approximate surface area is 204 Å². The quantitative estimate of drug-likeness (QED) is 0.337. The largest absolute Gasteiger partial charge is 0.331 e. The molecule has 32 heavy (non-hydrogen) atoms. The first-order chi connectivity index (χ1) is 15.3. The van der Waals surface area contributed by atoms with E-state index in [1.54, 1.807) is 18.2 Å². The minimum Gasteiger partial charge on any atom is -0.331 e. The smallest absolute Gasteiger partial charge is 0.254 e. The Hall–Kier alpha value is -1.75. The van der Waals surface area contributed by atoms with E-state index in [-0.39, 0.29) is 5.91 Å². The van der Waals surface area contributed by atoms with Gasteiger partial charge in [-0.2, -0.15) is 0 Å². The normalized spacial score (nSPS) is 14.6. The van der Waals surface area contributed by atoms with Crippen LogP contribution in [-0.4, -0.2) is 26.9 Å². The molecule has 1 aliphatic carbocycles. The number of fused-ring (bicyclic) bond motifs is 1. The van der Waals surface area contributed by atoms with Gasteiger partial charge in [0.2, 0.25) is 0 Å². The van der Waals surface area contributed by atoms with Crippen molar-refractivity contribution in [1.82, 2.24) is 14.5 Å². The average Bonchev–Trinajstić information content (AvgIpc) is 3.39. The Morgan fingerprint density at radius 2 is 1.84 bits per heavy atom. The van der Waals surface area contributed by atoms with Gasteiger partial charge in [-0.3, -0.25) is 4.79 Å². The Morgan fingerprint density at radius 3 is 2.53 bits per heavy atom. The second kappa shape index (κ2) is 10.0. The standard InChI is InChI=1S/C25H28Cl3N3O/c1-16(2)11-12-30(25(32)17-7-9-20(27)21(28)13-17)15-24-29-22-10-8-18(26)14-23(22)31(24)19-5-3-4-6-19/h7-10,13-14,16,19H,3-6,11-12,15H2,1-2H3. The molecule has 2 aromatic carbocycles. The monoisotopic (exact) mass is 491 g/mol. The van der Waals surface area contributed by atoms with Crippen molar-refractivity contribution in [3.05, 3.63) is 62.9 Å². The van der Waals surface area contributed by atoms with Crippen molar-refractivity contribution in [2.45, 2.75) is 58.5 Å². The van der Waals surface area contributed by atoms with Crippen LogP contribution in [0.1, 0.15) is 68.2 Å². The van der Waals surface area contributed by atoms with Crippen molar-refractivity contribution in [3.8, 4) is 0 Å². The summed E-state index contributed by atoms with van der Waals surface area (Å²) < 4.78 is 2.32. The molecular formula is C25H28Cl3N3O. The Balaban J connectivity index is 1.72. The SMILES string of the molecule is CC(C)CCN(Cc1nc2ccc(Cl)cc2n1C1CCCC1)C(=O)c1ccc(Cl)c(Cl)c1. The summed E-state index contributed by atoms with van der Waals surface area (Å²) in [6.45, 7) is 5.41. The number of rotatable bonds is 7. The highest BCUT2D eigenvalue weighted by atomic mass is 35.5. The van der Waals surface area contributed by atoms with Crippen LogP contribution in [0.15, 0.2) is 36.4 Å². The van der Waals surface area contributed by atoms with Gasteiger partial charge in [0.25, 0.3) is 5.91 Å². The third-order valence-corrected chi connectivity index (χ3v) is 7.15. The molecule has 4 nitrogen and oxygen atoms in total. The molecule has 1 amide bonds. The molecule has 7 heteroatoms. The number of benzene rings is 2. The minimum absolute atomic E-state index is 0.0627. The molecule has 170 valence electrons. The maximum absolute atomic E-state index is 13.5. The summed E-state index contributed by atoms with van der Waals surface area (Å²) in [7, 11) is 0. The number of hydrogen-bond acceptors (Lipinski definition) is 2. The van der Waals surface area contributed by atoms with Crippen LogP contribution in [-0.2, 0) is 6.54 Å². The number of imidazole rings is 1. The number of nitrogens with zero attached hydrogens (tertiary/aromatic N) is 3. The van der Waals surface area contributed by atoms with E-state index in [9.17, 15) is 4.79 Å². The zero-order valence-corrected chi connectivity index (χ0v) is 20.7. The van der Waals surface area contributed by atoms with Gasteiger partial charge in [-0.05, 0) is 61.6 Å². The summed E-state index contributed by atoms with van der Waals surface area (Å²) in [5.41, 5.74) is 2.50. The summed E-state index contributed by atoms with van der Waals surface area (Å²) in [6.07, 6.45) is 5.57. The van der Waals surface area contributed by atoms with Crippen LogP contribution >= 0.6 is 34.8 Å². The van der Waals surface area contributed by atoms with Crippen molar-refractivity contribution >= 4 is 51.7 Å². The van der Waals surface area contributed by atoms with Crippen molar-refractivity contribution in [2.75, 3.05) is 6.54 Å². The van der Waals surface area contributed by atoms with Gasteiger partial charge in [-0.15, -0.1) is 0 Å². The molecule has 0 aliphatic heterocycles. The molecule has 1 aromatic heterocycles. The first-order valence-corrected chi connectivity index (χ1v) is 12.4. The van der Waals surface area contributed by atoms with Crippen LogP contribution < -0.4 is 0 Å². The van der Waals surface area contributed by atoms with Crippen molar-refractivity contribution in [2.24, 2.45) is 5.92 Å². The van der Waals surface area contributed by atoms with Gasteiger partial charge in [-0.25, -0.2) is 4.98 Å². The van der Waals surface area contributed by atoms with Gasteiger partial charge < -0.3 is 9.47 Å². The lowest BCUT2D eigenvalue weighted by molar-refractivity contribution is 0.0728. The lowest BCUT2D eigenvalue weighted by Gasteiger charge is -2.25. The minimum atomic E-state index is -0.0627. The molecule has 4 rings (SSSR count). The predicted molar refractivity (Wildman–Crippen MR) is 133 cm³/mol. The Bertz CT molecular complexity index is 1120. The Kier molecular flexibility index (Phi) is 7.34. The van der Waals surface area contributed by atoms with E-state index in [4.69, 9.17) is 39.8 Å². The van der Waals surface area contributed by atoms with Gasteiger partial charge in [0, 0.05) is 23.2 Å². The second-order valence-electron chi connectivity index (χ2n) is 9.01. The van der Waals surface area contributed by atoms with Gasteiger partial charge in [0.1, 0.15) is 5.82 Å². The van der Waals surface area contributed by atoms with Crippen LogP contribution in [0.25, 0.3) is 11.0 Å². The van der Waals surface area contributed by atoms with Crippen LogP contribution in [0.5, 0.6) is 0 Å². The summed E-state index contributed by atoms with van der Waals surface area (Å²) in [6, 6.07) is 11.3. The maximum atomic E-state index is 13.5. The number of hydrogen-bond donors (Lipinski definition) is 0.